The third-order valence-corrected chi connectivity index (χ3v) is 5.24. The Labute approximate surface area is 171 Å². The molecule has 0 aliphatic heterocycles. The number of imidazole rings is 1. The van der Waals surface area contributed by atoms with Gasteiger partial charge in [0.15, 0.2) is 5.82 Å². The highest BCUT2D eigenvalue weighted by molar-refractivity contribution is 5.69. The molecule has 2 aliphatic rings. The summed E-state index contributed by atoms with van der Waals surface area (Å²) in [5.74, 6) is 1.85. The van der Waals surface area contributed by atoms with E-state index in [9.17, 15) is 0 Å². The molecule has 1 aromatic heterocycles. The van der Waals surface area contributed by atoms with Crippen LogP contribution >= 0.6 is 0 Å². The van der Waals surface area contributed by atoms with E-state index in [0.29, 0.717) is 0 Å². The topological polar surface area (TPSA) is 56.0 Å². The molecule has 3 rings (SSSR count). The van der Waals surface area contributed by atoms with Crippen LogP contribution in [0.15, 0.2) is 17.2 Å². The van der Waals surface area contributed by atoms with Crippen molar-refractivity contribution < 1.29 is 0 Å². The maximum Gasteiger partial charge on any atom is 0.155 e. The SMILES string of the molecule is CC.CCN(CC/C(C)=C(\NNC)c1nc2c([nH]1)C=C(C)CC=C2)CC1CC1. The number of aromatic amines is 1. The highest BCUT2D eigenvalue weighted by atomic mass is 15.3. The van der Waals surface area contributed by atoms with Crippen LogP contribution in [0, 0.1) is 5.92 Å². The first kappa shape index (κ1) is 22.4. The Kier molecular flexibility index (Phi) is 9.00. The molecule has 28 heavy (non-hydrogen) atoms. The maximum absolute atomic E-state index is 4.83. The van der Waals surface area contributed by atoms with E-state index in [1.807, 2.05) is 20.9 Å². The third-order valence-electron chi connectivity index (χ3n) is 5.24. The van der Waals surface area contributed by atoms with Crippen LogP contribution in [0.2, 0.25) is 0 Å². The number of nitrogens with zero attached hydrogens (tertiary/aromatic N) is 2. The molecule has 0 bridgehead atoms. The van der Waals surface area contributed by atoms with Crippen molar-refractivity contribution in [2.45, 2.75) is 60.3 Å². The van der Waals surface area contributed by atoms with E-state index in [1.165, 1.54) is 30.5 Å². The van der Waals surface area contributed by atoms with Crippen molar-refractivity contribution in [3.8, 4) is 0 Å². The molecule has 1 aromatic rings. The largest absolute Gasteiger partial charge is 0.337 e. The van der Waals surface area contributed by atoms with Gasteiger partial charge >= 0.3 is 0 Å². The summed E-state index contributed by atoms with van der Waals surface area (Å²) in [6, 6.07) is 0. The Balaban J connectivity index is 0.00000136. The number of hydrazine groups is 1. The van der Waals surface area contributed by atoms with Crippen LogP contribution in [-0.4, -0.2) is 41.5 Å². The minimum Gasteiger partial charge on any atom is -0.337 e. The summed E-state index contributed by atoms with van der Waals surface area (Å²) in [5.41, 5.74) is 12.2. The number of fused-ring (bicyclic) bond motifs is 1. The Hall–Kier alpha value is -1.85. The number of hydrogen-bond acceptors (Lipinski definition) is 4. The highest BCUT2D eigenvalue weighted by Crippen LogP contribution is 2.30. The standard InChI is InChI=1S/C21H33N5.C2H6/c1-5-26(14-17-9-10-17)12-11-16(3)20(25-22-4)21-23-18-8-6-7-15(2)13-19(18)24-21;1-2/h6,8,13,17,22,25H,5,7,9-12,14H2,1-4H3,(H,23,24);1-2H3/b20-16-;. The number of hydrogen-bond donors (Lipinski definition) is 3. The molecule has 0 atom stereocenters. The van der Waals surface area contributed by atoms with Gasteiger partial charge in [-0.1, -0.05) is 32.4 Å². The van der Waals surface area contributed by atoms with E-state index >= 15 is 0 Å². The van der Waals surface area contributed by atoms with Crippen molar-refractivity contribution in [1.29, 1.82) is 0 Å². The van der Waals surface area contributed by atoms with E-state index in [1.54, 1.807) is 0 Å². The molecule has 156 valence electrons. The molecule has 5 nitrogen and oxygen atoms in total. The van der Waals surface area contributed by atoms with Gasteiger partial charge in [0, 0.05) is 20.1 Å². The van der Waals surface area contributed by atoms with Gasteiger partial charge < -0.3 is 15.3 Å². The summed E-state index contributed by atoms with van der Waals surface area (Å²) in [4.78, 5) is 10.9. The molecule has 0 spiro atoms. The number of allylic oxidation sites excluding steroid dienone is 2. The highest BCUT2D eigenvalue weighted by Gasteiger charge is 2.23. The smallest absolute Gasteiger partial charge is 0.155 e. The van der Waals surface area contributed by atoms with E-state index in [-0.39, 0.29) is 0 Å². The van der Waals surface area contributed by atoms with Crippen LogP contribution < -0.4 is 10.9 Å². The second kappa shape index (κ2) is 11.2. The summed E-state index contributed by atoms with van der Waals surface area (Å²) in [6.45, 7) is 14.1. The van der Waals surface area contributed by atoms with Gasteiger partial charge in [-0.3, -0.25) is 0 Å². The van der Waals surface area contributed by atoms with Gasteiger partial charge in [-0.2, -0.15) is 0 Å². The van der Waals surface area contributed by atoms with Crippen LogP contribution in [0.5, 0.6) is 0 Å². The molecular formula is C23H39N5. The fourth-order valence-electron chi connectivity index (χ4n) is 3.41. The second-order valence-electron chi connectivity index (χ2n) is 7.60. The molecule has 0 saturated heterocycles. The van der Waals surface area contributed by atoms with Crippen molar-refractivity contribution in [2.24, 2.45) is 5.92 Å². The molecular weight excluding hydrogens is 346 g/mol. The normalized spacial score (nSPS) is 16.6. The van der Waals surface area contributed by atoms with Crippen molar-refractivity contribution in [3.05, 3.63) is 34.4 Å². The first-order valence-electron chi connectivity index (χ1n) is 10.9. The van der Waals surface area contributed by atoms with Gasteiger partial charge in [0.05, 0.1) is 17.1 Å². The van der Waals surface area contributed by atoms with Gasteiger partial charge in [-0.05, 0) is 69.7 Å². The van der Waals surface area contributed by atoms with Gasteiger partial charge in [0.25, 0.3) is 0 Å². The average Bonchev–Trinajstić information content (AvgIpc) is 3.47. The summed E-state index contributed by atoms with van der Waals surface area (Å²) >= 11 is 0. The summed E-state index contributed by atoms with van der Waals surface area (Å²) in [7, 11) is 1.90. The molecule has 0 unspecified atom stereocenters. The second-order valence-corrected chi connectivity index (χ2v) is 7.60. The molecule has 1 fully saturated rings. The summed E-state index contributed by atoms with van der Waals surface area (Å²) in [6.07, 6.45) is 11.4. The predicted octanol–water partition coefficient (Wildman–Crippen LogP) is 4.83. The number of aromatic nitrogens is 2. The van der Waals surface area contributed by atoms with Gasteiger partial charge in [0.1, 0.15) is 0 Å². The zero-order chi connectivity index (χ0) is 20.5. The zero-order valence-corrected chi connectivity index (χ0v) is 18.7. The lowest BCUT2D eigenvalue weighted by molar-refractivity contribution is 0.280. The van der Waals surface area contributed by atoms with Crippen molar-refractivity contribution in [3.63, 3.8) is 0 Å². The molecule has 0 aromatic carbocycles. The van der Waals surface area contributed by atoms with E-state index < -0.39 is 0 Å². The summed E-state index contributed by atoms with van der Waals surface area (Å²) < 4.78 is 0. The van der Waals surface area contributed by atoms with Crippen LogP contribution in [0.25, 0.3) is 17.8 Å². The van der Waals surface area contributed by atoms with Gasteiger partial charge in [-0.25, -0.2) is 10.4 Å². The molecule has 0 amide bonds. The van der Waals surface area contributed by atoms with Crippen molar-refractivity contribution in [2.75, 3.05) is 26.7 Å². The van der Waals surface area contributed by atoms with Gasteiger partial charge in [0.2, 0.25) is 0 Å². The monoisotopic (exact) mass is 385 g/mol. The molecule has 1 heterocycles. The maximum atomic E-state index is 4.83. The lowest BCUT2D eigenvalue weighted by Crippen LogP contribution is -2.29. The number of nitrogens with one attached hydrogen (secondary N) is 3. The van der Waals surface area contributed by atoms with Gasteiger partial charge in [-0.15, -0.1) is 0 Å². The van der Waals surface area contributed by atoms with Crippen molar-refractivity contribution >= 4 is 17.8 Å². The Morgan fingerprint density at radius 1 is 1.32 bits per heavy atom. The molecule has 5 heteroatoms. The van der Waals surface area contributed by atoms with E-state index in [2.05, 4.69) is 59.7 Å². The van der Waals surface area contributed by atoms with E-state index in [0.717, 1.165) is 54.8 Å². The first-order valence-corrected chi connectivity index (χ1v) is 10.9. The lowest BCUT2D eigenvalue weighted by Gasteiger charge is -2.21. The zero-order valence-electron chi connectivity index (χ0n) is 18.7. The number of rotatable bonds is 9. The van der Waals surface area contributed by atoms with E-state index in [4.69, 9.17) is 4.98 Å². The van der Waals surface area contributed by atoms with Crippen LogP contribution in [-0.2, 0) is 0 Å². The molecule has 1 saturated carbocycles. The molecule has 3 N–H and O–H groups in total. The lowest BCUT2D eigenvalue weighted by atomic mass is 10.1. The Morgan fingerprint density at radius 2 is 2.07 bits per heavy atom. The minimum absolute atomic E-state index is 0.905. The van der Waals surface area contributed by atoms with Crippen LogP contribution in [0.4, 0.5) is 0 Å². The van der Waals surface area contributed by atoms with Crippen LogP contribution in [0.1, 0.15) is 77.5 Å². The van der Waals surface area contributed by atoms with Crippen molar-refractivity contribution in [1.82, 2.24) is 25.7 Å². The Morgan fingerprint density at radius 3 is 2.71 bits per heavy atom. The number of H-pyrrole nitrogens is 1. The average molecular weight is 386 g/mol. The van der Waals surface area contributed by atoms with Crippen LogP contribution in [0.3, 0.4) is 0 Å². The molecule has 2 aliphatic carbocycles. The third kappa shape index (κ3) is 6.35. The quantitative estimate of drug-likeness (QED) is 0.533. The Bertz CT molecular complexity index is 707. The fourth-order valence-corrected chi connectivity index (χ4v) is 3.41. The molecule has 0 radical (unpaired) electrons. The summed E-state index contributed by atoms with van der Waals surface area (Å²) in [5, 5.41) is 0. The predicted molar refractivity (Wildman–Crippen MR) is 121 cm³/mol. The minimum atomic E-state index is 0.905. The fraction of sp³-hybridized carbons (Fsp3) is 0.609. The first-order chi connectivity index (χ1) is 13.6.